The Balaban J connectivity index is 2.60. The number of halogens is 2. The summed E-state index contributed by atoms with van der Waals surface area (Å²) >= 11 is 11.7. The molecule has 0 aromatic heterocycles. The number of rotatable bonds is 6. The molecule has 112 valence electrons. The molecule has 0 heterocycles. The summed E-state index contributed by atoms with van der Waals surface area (Å²) in [5.41, 5.74) is 6.26. The fraction of sp³-hybridized carbons (Fsp3) is 0.417. The summed E-state index contributed by atoms with van der Waals surface area (Å²) in [6.07, 6.45) is 0.338. The molecule has 0 saturated heterocycles. The summed E-state index contributed by atoms with van der Waals surface area (Å²) in [5.74, 6) is -0.280. The number of amides is 1. The Bertz CT molecular complexity index is 580. The lowest BCUT2D eigenvalue weighted by atomic mass is 10.2. The third kappa shape index (κ3) is 5.19. The Morgan fingerprint density at radius 1 is 1.35 bits per heavy atom. The van der Waals surface area contributed by atoms with Gasteiger partial charge in [0.1, 0.15) is 9.84 Å². The molecule has 0 spiro atoms. The smallest absolute Gasteiger partial charge is 0.224 e. The maximum absolute atomic E-state index is 11.7. The van der Waals surface area contributed by atoms with Crippen LogP contribution >= 0.6 is 23.2 Å². The second kappa shape index (κ2) is 7.15. The fourth-order valence-electron chi connectivity index (χ4n) is 1.52. The molecule has 0 aliphatic carbocycles. The molecule has 0 aliphatic rings. The monoisotopic (exact) mass is 338 g/mol. The van der Waals surface area contributed by atoms with Crippen LogP contribution in [0.3, 0.4) is 0 Å². The first-order valence-electron chi connectivity index (χ1n) is 6.00. The molecular weight excluding hydrogens is 323 g/mol. The first-order valence-corrected chi connectivity index (χ1v) is 8.57. The van der Waals surface area contributed by atoms with Crippen LogP contribution in [0.15, 0.2) is 12.1 Å². The van der Waals surface area contributed by atoms with Gasteiger partial charge in [0.2, 0.25) is 5.91 Å². The topological polar surface area (TPSA) is 89.3 Å². The van der Waals surface area contributed by atoms with E-state index in [0.29, 0.717) is 10.7 Å². The number of hydrogen-bond donors (Lipinski definition) is 2. The molecule has 5 nitrogen and oxygen atoms in total. The summed E-state index contributed by atoms with van der Waals surface area (Å²) < 4.78 is 22.6. The van der Waals surface area contributed by atoms with Gasteiger partial charge < -0.3 is 11.1 Å². The summed E-state index contributed by atoms with van der Waals surface area (Å²) in [6, 6.07) is 2.95. The number of carbonyl (C=O) groups is 1. The second-order valence-corrected chi connectivity index (χ2v) is 7.56. The molecule has 3 N–H and O–H groups in total. The van der Waals surface area contributed by atoms with Crippen molar-refractivity contribution >= 4 is 50.3 Å². The van der Waals surface area contributed by atoms with Gasteiger partial charge in [0.25, 0.3) is 0 Å². The van der Waals surface area contributed by atoms with E-state index in [1.54, 1.807) is 6.92 Å². The lowest BCUT2D eigenvalue weighted by Gasteiger charge is -2.10. The van der Waals surface area contributed by atoms with Crippen LogP contribution in [0.2, 0.25) is 10.0 Å². The van der Waals surface area contributed by atoms with E-state index in [4.69, 9.17) is 28.9 Å². The molecule has 0 aliphatic heterocycles. The van der Waals surface area contributed by atoms with Crippen LogP contribution in [0.4, 0.5) is 11.4 Å². The number of benzene rings is 1. The minimum absolute atomic E-state index is 0.0131. The highest BCUT2D eigenvalue weighted by molar-refractivity contribution is 7.91. The van der Waals surface area contributed by atoms with Crippen molar-refractivity contribution in [3.63, 3.8) is 0 Å². The van der Waals surface area contributed by atoms with Crippen molar-refractivity contribution in [3.05, 3.63) is 22.2 Å². The molecule has 0 atom stereocenters. The highest BCUT2D eigenvalue weighted by Crippen LogP contribution is 2.32. The summed E-state index contributed by atoms with van der Waals surface area (Å²) in [4.78, 5) is 11.7. The van der Waals surface area contributed by atoms with Crippen LogP contribution in [-0.4, -0.2) is 25.8 Å². The third-order valence-electron chi connectivity index (χ3n) is 2.65. The maximum Gasteiger partial charge on any atom is 0.224 e. The average molecular weight is 339 g/mol. The van der Waals surface area contributed by atoms with Crippen LogP contribution in [0.5, 0.6) is 0 Å². The Labute approximate surface area is 128 Å². The van der Waals surface area contributed by atoms with E-state index in [1.807, 2.05) is 0 Å². The molecule has 0 bridgehead atoms. The predicted molar refractivity (Wildman–Crippen MR) is 83.1 cm³/mol. The van der Waals surface area contributed by atoms with Crippen molar-refractivity contribution in [1.82, 2.24) is 0 Å². The highest BCUT2D eigenvalue weighted by Gasteiger charge is 2.12. The summed E-state index contributed by atoms with van der Waals surface area (Å²) in [5, 5.41) is 3.18. The van der Waals surface area contributed by atoms with Crippen molar-refractivity contribution in [2.24, 2.45) is 0 Å². The van der Waals surface area contributed by atoms with E-state index >= 15 is 0 Å². The van der Waals surface area contributed by atoms with E-state index in [9.17, 15) is 13.2 Å². The van der Waals surface area contributed by atoms with Gasteiger partial charge in [-0.1, -0.05) is 30.1 Å². The quantitative estimate of drug-likeness (QED) is 0.780. The number of carbonyl (C=O) groups excluding carboxylic acids is 1. The lowest BCUT2D eigenvalue weighted by molar-refractivity contribution is -0.116. The molecule has 0 saturated carbocycles. The molecule has 20 heavy (non-hydrogen) atoms. The van der Waals surface area contributed by atoms with Gasteiger partial charge in [-0.3, -0.25) is 4.79 Å². The predicted octanol–water partition coefficient (Wildman–Crippen LogP) is 2.73. The zero-order valence-electron chi connectivity index (χ0n) is 10.9. The number of hydrogen-bond acceptors (Lipinski definition) is 4. The van der Waals surface area contributed by atoms with Crippen LogP contribution in [0.1, 0.15) is 19.8 Å². The highest BCUT2D eigenvalue weighted by atomic mass is 35.5. The van der Waals surface area contributed by atoms with E-state index in [0.717, 1.165) is 0 Å². The van der Waals surface area contributed by atoms with E-state index < -0.39 is 9.84 Å². The number of nitrogens with one attached hydrogen (secondary N) is 1. The number of nitrogens with two attached hydrogens (primary N) is 1. The molecule has 0 radical (unpaired) electrons. The van der Waals surface area contributed by atoms with Gasteiger partial charge >= 0.3 is 0 Å². The van der Waals surface area contributed by atoms with Crippen molar-refractivity contribution in [2.75, 3.05) is 22.6 Å². The SMILES string of the molecule is CCS(=O)(=O)CCCC(=O)Nc1c(N)cc(Cl)cc1Cl. The van der Waals surface area contributed by atoms with Crippen molar-refractivity contribution < 1.29 is 13.2 Å². The van der Waals surface area contributed by atoms with E-state index in [2.05, 4.69) is 5.32 Å². The molecule has 1 aromatic carbocycles. The first-order chi connectivity index (χ1) is 9.25. The largest absolute Gasteiger partial charge is 0.397 e. The Morgan fingerprint density at radius 2 is 2.00 bits per heavy atom. The van der Waals surface area contributed by atoms with Crippen molar-refractivity contribution in [3.8, 4) is 0 Å². The van der Waals surface area contributed by atoms with Gasteiger partial charge in [-0.2, -0.15) is 0 Å². The average Bonchev–Trinajstić information content (AvgIpc) is 2.33. The Hall–Kier alpha value is -0.980. The Kier molecular flexibility index (Phi) is 6.10. The third-order valence-corrected chi connectivity index (χ3v) is 4.96. The molecule has 1 amide bonds. The van der Waals surface area contributed by atoms with Crippen LogP contribution in [0.25, 0.3) is 0 Å². The summed E-state index contributed by atoms with van der Waals surface area (Å²) in [6.45, 7) is 1.57. The normalized spacial score (nSPS) is 11.3. The first kappa shape index (κ1) is 17.1. The number of anilines is 2. The minimum Gasteiger partial charge on any atom is -0.397 e. The molecular formula is C12H16Cl2N2O3S. The van der Waals surface area contributed by atoms with Gasteiger partial charge in [0.05, 0.1) is 22.2 Å². The van der Waals surface area contributed by atoms with Gasteiger partial charge in [-0.25, -0.2) is 8.42 Å². The maximum atomic E-state index is 11.7. The molecule has 0 unspecified atom stereocenters. The number of nitrogen functional groups attached to an aromatic ring is 1. The zero-order valence-corrected chi connectivity index (χ0v) is 13.3. The summed E-state index contributed by atoms with van der Waals surface area (Å²) in [7, 11) is -3.06. The van der Waals surface area contributed by atoms with E-state index in [1.165, 1.54) is 12.1 Å². The number of sulfone groups is 1. The van der Waals surface area contributed by atoms with Crippen LogP contribution in [0, 0.1) is 0 Å². The molecule has 0 fully saturated rings. The standard InChI is InChI=1S/C12H16Cl2N2O3S/c1-2-20(18,19)5-3-4-11(17)16-12-9(14)6-8(13)7-10(12)15/h6-7H,2-5,15H2,1H3,(H,16,17). The zero-order chi connectivity index (χ0) is 15.3. The van der Waals surface area contributed by atoms with Crippen LogP contribution < -0.4 is 11.1 Å². The van der Waals surface area contributed by atoms with Gasteiger partial charge in [0, 0.05) is 17.2 Å². The minimum atomic E-state index is -3.06. The molecule has 8 heteroatoms. The van der Waals surface area contributed by atoms with Gasteiger partial charge in [-0.15, -0.1) is 0 Å². The molecule has 1 aromatic rings. The second-order valence-electron chi connectivity index (χ2n) is 4.24. The van der Waals surface area contributed by atoms with Gasteiger partial charge in [0.15, 0.2) is 0 Å². The van der Waals surface area contributed by atoms with Crippen molar-refractivity contribution in [2.45, 2.75) is 19.8 Å². The van der Waals surface area contributed by atoms with Crippen LogP contribution in [-0.2, 0) is 14.6 Å². The Morgan fingerprint density at radius 3 is 2.55 bits per heavy atom. The lowest BCUT2D eigenvalue weighted by Crippen LogP contribution is -2.16. The fourth-order valence-corrected chi connectivity index (χ4v) is 2.95. The van der Waals surface area contributed by atoms with Gasteiger partial charge in [-0.05, 0) is 18.6 Å². The molecule has 1 rings (SSSR count). The van der Waals surface area contributed by atoms with E-state index in [-0.39, 0.29) is 41.0 Å². The van der Waals surface area contributed by atoms with Crippen molar-refractivity contribution in [1.29, 1.82) is 0 Å².